The average Bonchev–Trinajstić information content (AvgIpc) is 3.39. The number of aliphatic hydroxyl groups excluding tert-OH is 3. The first-order valence-corrected chi connectivity index (χ1v) is 29.3. The summed E-state index contributed by atoms with van der Waals surface area (Å²) < 4.78 is 0. The summed E-state index contributed by atoms with van der Waals surface area (Å²) in [7, 11) is 0. The van der Waals surface area contributed by atoms with Crippen molar-refractivity contribution in [2.45, 2.75) is 264 Å². The molecule has 0 aliphatic heterocycles. The Morgan fingerprint density at radius 3 is 1.27 bits per heavy atom. The predicted molar refractivity (Wildman–Crippen MR) is 304 cm³/mol. The number of benzene rings is 4. The Kier molecular flexibility index (Phi) is 34.5. The van der Waals surface area contributed by atoms with Crippen molar-refractivity contribution in [2.24, 2.45) is 0 Å². The summed E-state index contributed by atoms with van der Waals surface area (Å²) in [5.41, 5.74) is 1.32. The number of Topliss-reactive ketones (excluding diaryl/α,β-unsaturated/α-hetero) is 3. The molecule has 4 aromatic rings. The van der Waals surface area contributed by atoms with Crippen molar-refractivity contribution in [1.82, 2.24) is 0 Å². The van der Waals surface area contributed by atoms with Gasteiger partial charge in [0.05, 0.1) is 6.61 Å². The number of hydrogen-bond donors (Lipinski definition) is 3. The van der Waals surface area contributed by atoms with E-state index in [0.29, 0.717) is 24.0 Å². The maximum atomic E-state index is 14.1. The molecule has 0 amide bonds. The van der Waals surface area contributed by atoms with E-state index in [0.717, 1.165) is 67.5 Å². The smallest absolute Gasteiger partial charge is 0.164 e. The molecular weight excluding hydrogens is 877 g/mol. The molecule has 3 N–H and O–H groups in total. The third-order valence-electron chi connectivity index (χ3n) is 14.5. The molecule has 4 aromatic carbocycles. The fourth-order valence-electron chi connectivity index (χ4n) is 10.0. The molecule has 2 atom stereocenters. The zero-order chi connectivity index (χ0) is 51.2. The van der Waals surface area contributed by atoms with Crippen molar-refractivity contribution < 1.29 is 29.7 Å². The van der Waals surface area contributed by atoms with E-state index in [2.05, 4.69) is 87.5 Å². The van der Waals surface area contributed by atoms with Gasteiger partial charge in [-0.2, -0.15) is 0 Å². The van der Waals surface area contributed by atoms with Crippen LogP contribution >= 0.6 is 0 Å². The Morgan fingerprint density at radius 2 is 0.817 bits per heavy atom. The van der Waals surface area contributed by atoms with E-state index in [1.807, 2.05) is 6.07 Å². The highest BCUT2D eigenvalue weighted by atomic mass is 16.4. The number of ketones is 3. The first kappa shape index (κ1) is 61.6. The Balaban J connectivity index is 0.000000666. The lowest BCUT2D eigenvalue weighted by Crippen LogP contribution is -2.36. The molecule has 2 unspecified atom stereocenters. The van der Waals surface area contributed by atoms with E-state index < -0.39 is 18.8 Å². The lowest BCUT2D eigenvalue weighted by Gasteiger charge is -2.17. The van der Waals surface area contributed by atoms with Crippen molar-refractivity contribution in [3.63, 3.8) is 0 Å². The fraction of sp³-hybridized carbons (Fsp3) is 0.646. The molecule has 0 fully saturated rings. The van der Waals surface area contributed by atoms with Crippen LogP contribution in [-0.2, 0) is 4.79 Å². The van der Waals surface area contributed by atoms with Crippen LogP contribution in [0.5, 0.6) is 0 Å². The minimum absolute atomic E-state index is 0.131. The Hall–Kier alpha value is -3.71. The van der Waals surface area contributed by atoms with Gasteiger partial charge >= 0.3 is 0 Å². The predicted octanol–water partition coefficient (Wildman–Crippen LogP) is 18.4. The van der Waals surface area contributed by atoms with Crippen LogP contribution in [0.2, 0.25) is 0 Å². The summed E-state index contributed by atoms with van der Waals surface area (Å²) in [5, 5.41) is 33.7. The van der Waals surface area contributed by atoms with Gasteiger partial charge in [0.15, 0.2) is 17.3 Å². The molecule has 6 heteroatoms. The first-order chi connectivity index (χ1) is 34.8. The van der Waals surface area contributed by atoms with Gasteiger partial charge in [-0.15, -0.1) is 0 Å². The molecule has 396 valence electrons. The number of carbonyl (C=O) groups is 3. The van der Waals surface area contributed by atoms with E-state index in [1.54, 1.807) is 0 Å². The van der Waals surface area contributed by atoms with Gasteiger partial charge < -0.3 is 15.3 Å². The molecular formula is C65H100O6. The summed E-state index contributed by atoms with van der Waals surface area (Å²) in [6, 6.07) is 17.0. The molecule has 0 aliphatic rings. The van der Waals surface area contributed by atoms with Gasteiger partial charge in [-0.1, -0.05) is 229 Å². The summed E-state index contributed by atoms with van der Waals surface area (Å²) in [6.45, 7) is 6.14. The quantitative estimate of drug-likeness (QED) is 0.0176. The molecule has 0 radical (unpaired) electrons. The second kappa shape index (κ2) is 39.8. The first-order valence-electron chi connectivity index (χ1n) is 29.3. The van der Waals surface area contributed by atoms with Crippen LogP contribution in [0.1, 0.15) is 273 Å². The monoisotopic (exact) mass is 977 g/mol. The molecule has 0 spiro atoms. The summed E-state index contributed by atoms with van der Waals surface area (Å²) in [5.74, 6) is -0.107. The van der Waals surface area contributed by atoms with Gasteiger partial charge in [-0.3, -0.25) is 14.4 Å². The number of rotatable bonds is 43. The van der Waals surface area contributed by atoms with E-state index >= 15 is 0 Å². The van der Waals surface area contributed by atoms with E-state index in [-0.39, 0.29) is 23.8 Å². The van der Waals surface area contributed by atoms with Crippen LogP contribution in [0, 0.1) is 0 Å². The summed E-state index contributed by atoms with van der Waals surface area (Å²) >= 11 is 0. The molecule has 0 saturated heterocycles. The zero-order valence-corrected chi connectivity index (χ0v) is 45.3. The van der Waals surface area contributed by atoms with Crippen LogP contribution in [-0.4, -0.2) is 51.5 Å². The van der Waals surface area contributed by atoms with Crippen molar-refractivity contribution in [2.75, 3.05) is 6.61 Å². The Morgan fingerprint density at radius 1 is 0.437 bits per heavy atom. The fourth-order valence-corrected chi connectivity index (χ4v) is 10.0. The highest BCUT2D eigenvalue weighted by Crippen LogP contribution is 2.38. The Labute approximate surface area is 432 Å². The minimum Gasteiger partial charge on any atom is -0.394 e. The van der Waals surface area contributed by atoms with Gasteiger partial charge in [0.2, 0.25) is 0 Å². The van der Waals surface area contributed by atoms with Crippen molar-refractivity contribution in [3.05, 3.63) is 84.0 Å². The molecule has 71 heavy (non-hydrogen) atoms. The van der Waals surface area contributed by atoms with Crippen LogP contribution in [0.15, 0.2) is 72.8 Å². The molecule has 6 nitrogen and oxygen atoms in total. The summed E-state index contributed by atoms with van der Waals surface area (Å²) in [4.78, 5) is 39.4. The zero-order valence-electron chi connectivity index (χ0n) is 45.3. The standard InChI is InChI=1S/C52H74O2.C13H26O4/c1-3-5-7-9-11-13-15-17-19-21-23-25-27-29-31-36-48(53)47-42-45-39-38-43-34-33-35-44-40-41-46(51(45)50(43)44)52(47)49(54)37-32-30-28-26-24-22-20-18-16-14-12-10-8-6-4-2;1-2-3-4-5-6-7-8-9-11(15)13(17)12(16)10-14/h17-20,33-35,38-42H,3-16,21-32,36-37H2,1-2H3;12-14,16-17H,2-10H2,1H3. The SMILES string of the molecule is CCCCCCCCC=CCCCCCCCC(=O)c1cc2ccc3cccc4ccc(c1C(=O)CCCCCCCC=CCCCCCCCC)c2c34.CCCCCCCCCC(=O)C(O)C(O)CO. The highest BCUT2D eigenvalue weighted by molar-refractivity contribution is 6.29. The average molecular weight is 978 g/mol. The van der Waals surface area contributed by atoms with Crippen LogP contribution in [0.3, 0.4) is 0 Å². The lowest BCUT2D eigenvalue weighted by molar-refractivity contribution is -0.134. The van der Waals surface area contributed by atoms with Crippen LogP contribution in [0.4, 0.5) is 0 Å². The second-order valence-electron chi connectivity index (χ2n) is 20.7. The molecule has 0 aromatic heterocycles. The Bertz CT molecular complexity index is 2050. The van der Waals surface area contributed by atoms with Gasteiger partial charge in [0.25, 0.3) is 0 Å². The normalized spacial score (nSPS) is 12.7. The molecule has 0 heterocycles. The summed E-state index contributed by atoms with van der Waals surface area (Å²) in [6.07, 6.45) is 48.1. The number of hydrogen-bond acceptors (Lipinski definition) is 6. The molecule has 4 rings (SSSR count). The maximum Gasteiger partial charge on any atom is 0.164 e. The van der Waals surface area contributed by atoms with Gasteiger partial charge in [-0.05, 0) is 109 Å². The van der Waals surface area contributed by atoms with Crippen molar-refractivity contribution in [3.8, 4) is 0 Å². The van der Waals surface area contributed by atoms with E-state index in [1.165, 1.54) is 177 Å². The number of allylic oxidation sites excluding steroid dienone is 4. The third kappa shape index (κ3) is 24.7. The lowest BCUT2D eigenvalue weighted by atomic mass is 9.85. The van der Waals surface area contributed by atoms with E-state index in [9.17, 15) is 19.5 Å². The van der Waals surface area contributed by atoms with Crippen LogP contribution < -0.4 is 0 Å². The number of carbonyl (C=O) groups excluding carboxylic acids is 3. The minimum atomic E-state index is -1.43. The largest absolute Gasteiger partial charge is 0.394 e. The highest BCUT2D eigenvalue weighted by Gasteiger charge is 2.24. The molecule has 0 bridgehead atoms. The molecule has 0 aliphatic carbocycles. The maximum absolute atomic E-state index is 14.1. The molecule has 0 saturated carbocycles. The van der Waals surface area contributed by atoms with Gasteiger partial charge in [0, 0.05) is 30.4 Å². The van der Waals surface area contributed by atoms with Crippen molar-refractivity contribution >= 4 is 49.7 Å². The van der Waals surface area contributed by atoms with Gasteiger partial charge in [0.1, 0.15) is 12.2 Å². The third-order valence-corrected chi connectivity index (χ3v) is 14.5. The van der Waals surface area contributed by atoms with Crippen LogP contribution in [0.25, 0.3) is 32.3 Å². The number of aliphatic hydroxyl groups is 3. The number of unbranched alkanes of at least 4 members (excludes halogenated alkanes) is 28. The van der Waals surface area contributed by atoms with E-state index in [4.69, 9.17) is 10.2 Å². The topological polar surface area (TPSA) is 112 Å². The van der Waals surface area contributed by atoms with Crippen molar-refractivity contribution in [1.29, 1.82) is 0 Å². The second-order valence-corrected chi connectivity index (χ2v) is 20.7. The van der Waals surface area contributed by atoms with Gasteiger partial charge in [-0.25, -0.2) is 0 Å².